The van der Waals surface area contributed by atoms with E-state index >= 15 is 0 Å². The second-order valence-electron chi connectivity index (χ2n) is 5.40. The van der Waals surface area contributed by atoms with Crippen LogP contribution in [0.15, 0.2) is 18.2 Å². The molecule has 21 heavy (non-hydrogen) atoms. The molecule has 2 N–H and O–H groups in total. The molecule has 0 saturated carbocycles. The number of anilines is 1. The van der Waals surface area contributed by atoms with Crippen LogP contribution in [0.5, 0.6) is 0 Å². The first-order valence-electron chi connectivity index (χ1n) is 7.54. The lowest BCUT2D eigenvalue weighted by atomic mass is 10.1. The van der Waals surface area contributed by atoms with Gasteiger partial charge in [0.25, 0.3) is 0 Å². The second-order valence-corrected chi connectivity index (χ2v) is 5.40. The summed E-state index contributed by atoms with van der Waals surface area (Å²) in [5.41, 5.74) is 2.91. The molecule has 0 spiro atoms. The minimum Gasteiger partial charge on any atom is -0.395 e. The molecule has 5 nitrogen and oxygen atoms in total. The molecule has 0 atom stereocenters. The maximum atomic E-state index is 9.41. The van der Waals surface area contributed by atoms with Crippen LogP contribution in [-0.2, 0) is 6.54 Å². The van der Waals surface area contributed by atoms with Crippen molar-refractivity contribution in [3.63, 3.8) is 0 Å². The smallest absolute Gasteiger partial charge is 0.101 e. The van der Waals surface area contributed by atoms with Gasteiger partial charge < -0.3 is 15.3 Å². The zero-order valence-electron chi connectivity index (χ0n) is 12.7. The third-order valence-corrected chi connectivity index (χ3v) is 3.91. The van der Waals surface area contributed by atoms with Crippen molar-refractivity contribution in [2.75, 3.05) is 51.3 Å². The topological polar surface area (TPSA) is 62.5 Å². The Labute approximate surface area is 126 Å². The van der Waals surface area contributed by atoms with Gasteiger partial charge in [-0.3, -0.25) is 4.90 Å². The van der Waals surface area contributed by atoms with Gasteiger partial charge >= 0.3 is 0 Å². The van der Waals surface area contributed by atoms with Crippen LogP contribution >= 0.6 is 0 Å². The number of nitrogens with one attached hydrogen (secondary N) is 1. The highest BCUT2D eigenvalue weighted by atomic mass is 16.3. The van der Waals surface area contributed by atoms with Crippen molar-refractivity contribution < 1.29 is 5.11 Å². The minimum atomic E-state index is 0.210. The molecule has 0 aromatic heterocycles. The molecule has 0 aliphatic carbocycles. The molecule has 0 unspecified atom stereocenters. The first kappa shape index (κ1) is 15.8. The Hall–Kier alpha value is -1.61. The van der Waals surface area contributed by atoms with Crippen LogP contribution in [0.4, 0.5) is 5.69 Å². The van der Waals surface area contributed by atoms with Gasteiger partial charge in [-0.1, -0.05) is 6.07 Å². The van der Waals surface area contributed by atoms with Crippen LogP contribution in [0.1, 0.15) is 17.5 Å². The zero-order chi connectivity index (χ0) is 15.1. The summed E-state index contributed by atoms with van der Waals surface area (Å²) in [6.45, 7) is 5.53. The molecular formula is C16H24N4O. The predicted octanol–water partition coefficient (Wildman–Crippen LogP) is 0.782. The van der Waals surface area contributed by atoms with E-state index in [0.717, 1.165) is 62.5 Å². The maximum Gasteiger partial charge on any atom is 0.101 e. The quantitative estimate of drug-likeness (QED) is 0.838. The fraction of sp³-hybridized carbons (Fsp3) is 0.562. The largest absolute Gasteiger partial charge is 0.395 e. The van der Waals surface area contributed by atoms with E-state index in [4.69, 9.17) is 5.11 Å². The Morgan fingerprint density at radius 1 is 1.29 bits per heavy atom. The zero-order valence-corrected chi connectivity index (χ0v) is 12.7. The Kier molecular flexibility index (Phi) is 6.00. The number of hydrogen-bond acceptors (Lipinski definition) is 5. The maximum absolute atomic E-state index is 9.41. The highest BCUT2D eigenvalue weighted by Gasteiger charge is 2.17. The summed E-state index contributed by atoms with van der Waals surface area (Å²) < 4.78 is 0. The molecule has 2 rings (SSSR count). The van der Waals surface area contributed by atoms with E-state index in [2.05, 4.69) is 33.3 Å². The molecule has 1 aromatic carbocycles. The molecule has 114 valence electrons. The van der Waals surface area contributed by atoms with Gasteiger partial charge in [-0.05, 0) is 37.7 Å². The van der Waals surface area contributed by atoms with Gasteiger partial charge in [-0.25, -0.2) is 0 Å². The molecule has 0 bridgehead atoms. The van der Waals surface area contributed by atoms with Crippen LogP contribution in [-0.4, -0.2) is 56.4 Å². The first-order chi connectivity index (χ1) is 10.3. The standard InChI is InChI=1S/C16H24N4O/c1-18-13-14-3-4-16(15(11-14)12-17)20-6-2-5-19(7-8-20)9-10-21/h3-4,11,18,21H,2,5-10,13H2,1H3. The summed E-state index contributed by atoms with van der Waals surface area (Å²) in [5, 5.41) is 21.6. The fourth-order valence-electron chi connectivity index (χ4n) is 2.84. The van der Waals surface area contributed by atoms with E-state index in [0.29, 0.717) is 0 Å². The van der Waals surface area contributed by atoms with E-state index in [9.17, 15) is 5.26 Å². The van der Waals surface area contributed by atoms with Crippen molar-refractivity contribution in [1.82, 2.24) is 10.2 Å². The molecule has 1 fully saturated rings. The van der Waals surface area contributed by atoms with Gasteiger partial charge in [-0.15, -0.1) is 0 Å². The van der Waals surface area contributed by atoms with Crippen LogP contribution in [0.2, 0.25) is 0 Å². The van der Waals surface area contributed by atoms with Gasteiger partial charge in [0.05, 0.1) is 17.9 Å². The Morgan fingerprint density at radius 3 is 2.86 bits per heavy atom. The van der Waals surface area contributed by atoms with Crippen LogP contribution in [0.25, 0.3) is 0 Å². The Morgan fingerprint density at radius 2 is 2.14 bits per heavy atom. The van der Waals surface area contributed by atoms with Gasteiger partial charge in [-0.2, -0.15) is 5.26 Å². The summed E-state index contributed by atoms with van der Waals surface area (Å²) >= 11 is 0. The predicted molar refractivity (Wildman–Crippen MR) is 84.3 cm³/mol. The van der Waals surface area contributed by atoms with Crippen LogP contribution < -0.4 is 10.2 Å². The highest BCUT2D eigenvalue weighted by Crippen LogP contribution is 2.23. The van der Waals surface area contributed by atoms with Crippen molar-refractivity contribution in [3.05, 3.63) is 29.3 Å². The number of hydrogen-bond donors (Lipinski definition) is 2. The number of benzene rings is 1. The number of β-amino-alcohol motifs (C(OH)–C–C–N with tert-alkyl or cyclic N) is 1. The summed E-state index contributed by atoms with van der Waals surface area (Å²) in [7, 11) is 1.91. The Balaban J connectivity index is 2.12. The SMILES string of the molecule is CNCc1ccc(N2CCCN(CCO)CC2)c(C#N)c1. The van der Waals surface area contributed by atoms with E-state index in [1.807, 2.05) is 13.1 Å². The monoisotopic (exact) mass is 288 g/mol. The molecule has 5 heteroatoms. The Bertz CT molecular complexity index is 498. The third-order valence-electron chi connectivity index (χ3n) is 3.91. The molecule has 1 aliphatic rings. The van der Waals surface area contributed by atoms with Gasteiger partial charge in [0, 0.05) is 32.7 Å². The number of rotatable bonds is 5. The van der Waals surface area contributed by atoms with Gasteiger partial charge in [0.2, 0.25) is 0 Å². The normalized spacial score (nSPS) is 16.5. The van der Waals surface area contributed by atoms with Crippen LogP contribution in [0, 0.1) is 11.3 Å². The molecule has 1 aromatic rings. The van der Waals surface area contributed by atoms with Crippen LogP contribution in [0.3, 0.4) is 0 Å². The lowest BCUT2D eigenvalue weighted by Crippen LogP contribution is -2.32. The first-order valence-corrected chi connectivity index (χ1v) is 7.54. The van der Waals surface area contributed by atoms with Crippen molar-refractivity contribution in [2.45, 2.75) is 13.0 Å². The number of aliphatic hydroxyl groups excluding tert-OH is 1. The summed E-state index contributed by atoms with van der Waals surface area (Å²) in [4.78, 5) is 4.57. The van der Waals surface area contributed by atoms with E-state index < -0.39 is 0 Å². The van der Waals surface area contributed by atoms with Crippen molar-refractivity contribution >= 4 is 5.69 Å². The number of nitriles is 1. The molecule has 1 heterocycles. The van der Waals surface area contributed by atoms with E-state index in [-0.39, 0.29) is 6.61 Å². The third kappa shape index (κ3) is 4.18. The molecule has 1 aliphatic heterocycles. The van der Waals surface area contributed by atoms with E-state index in [1.165, 1.54) is 0 Å². The summed E-state index contributed by atoms with van der Waals surface area (Å²) in [5.74, 6) is 0. The lowest BCUT2D eigenvalue weighted by Gasteiger charge is -2.24. The molecule has 1 saturated heterocycles. The second kappa shape index (κ2) is 7.99. The fourth-order valence-corrected chi connectivity index (χ4v) is 2.84. The van der Waals surface area contributed by atoms with Gasteiger partial charge in [0.15, 0.2) is 0 Å². The van der Waals surface area contributed by atoms with Crippen molar-refractivity contribution in [3.8, 4) is 6.07 Å². The molecule has 0 radical (unpaired) electrons. The van der Waals surface area contributed by atoms with E-state index in [1.54, 1.807) is 0 Å². The summed E-state index contributed by atoms with van der Waals surface area (Å²) in [6.07, 6.45) is 1.06. The van der Waals surface area contributed by atoms with Crippen molar-refractivity contribution in [1.29, 1.82) is 5.26 Å². The molecule has 0 amide bonds. The summed E-state index contributed by atoms with van der Waals surface area (Å²) in [6, 6.07) is 8.45. The average Bonchev–Trinajstić information content (AvgIpc) is 2.73. The highest BCUT2D eigenvalue weighted by molar-refractivity contribution is 5.60. The number of aliphatic hydroxyl groups is 1. The average molecular weight is 288 g/mol. The molecular weight excluding hydrogens is 264 g/mol. The van der Waals surface area contributed by atoms with Gasteiger partial charge in [0.1, 0.15) is 6.07 Å². The number of nitrogens with zero attached hydrogens (tertiary/aromatic N) is 3. The van der Waals surface area contributed by atoms with Crippen molar-refractivity contribution in [2.24, 2.45) is 0 Å². The lowest BCUT2D eigenvalue weighted by molar-refractivity contribution is 0.204. The minimum absolute atomic E-state index is 0.210.